The van der Waals surface area contributed by atoms with Gasteiger partial charge in [0.2, 0.25) is 0 Å². The minimum absolute atomic E-state index is 0.421. The summed E-state index contributed by atoms with van der Waals surface area (Å²) in [6.45, 7) is 2.34. The van der Waals surface area contributed by atoms with Gasteiger partial charge in [-0.05, 0) is 63.0 Å². The lowest BCUT2D eigenvalue weighted by molar-refractivity contribution is 0.321. The quantitative estimate of drug-likeness (QED) is 0.839. The van der Waals surface area contributed by atoms with Crippen LogP contribution in [-0.4, -0.2) is 27.2 Å². The van der Waals surface area contributed by atoms with E-state index in [9.17, 15) is 0 Å². The molecule has 1 aliphatic heterocycles. The van der Waals surface area contributed by atoms with Crippen molar-refractivity contribution in [3.63, 3.8) is 0 Å². The Morgan fingerprint density at radius 3 is 3.06 bits per heavy atom. The van der Waals surface area contributed by atoms with Crippen LogP contribution in [0.4, 0.5) is 0 Å². The van der Waals surface area contributed by atoms with Crippen molar-refractivity contribution in [3.8, 4) is 5.75 Å². The maximum absolute atomic E-state index is 5.30. The monoisotopic (exact) mass is 248 g/mol. The van der Waals surface area contributed by atoms with E-state index < -0.39 is 0 Å². The topological polar surface area (TPSA) is 33.3 Å². The fourth-order valence-electron chi connectivity index (χ4n) is 2.74. The summed E-state index contributed by atoms with van der Waals surface area (Å²) < 4.78 is 5.30. The molecule has 2 unspecified atom stereocenters. The molecule has 2 rings (SSSR count). The molecule has 100 valence electrons. The lowest BCUT2D eigenvalue weighted by Crippen LogP contribution is -2.32. The molecule has 1 aliphatic rings. The number of piperidine rings is 1. The van der Waals surface area contributed by atoms with Gasteiger partial charge in [0, 0.05) is 6.04 Å². The van der Waals surface area contributed by atoms with Crippen molar-refractivity contribution in [1.82, 2.24) is 10.6 Å². The molecule has 0 amide bonds. The van der Waals surface area contributed by atoms with E-state index in [1.165, 1.54) is 31.4 Å². The van der Waals surface area contributed by atoms with E-state index in [1.807, 2.05) is 13.1 Å². The van der Waals surface area contributed by atoms with E-state index in [0.29, 0.717) is 6.04 Å². The highest BCUT2D eigenvalue weighted by atomic mass is 16.5. The second-order valence-corrected chi connectivity index (χ2v) is 5.07. The van der Waals surface area contributed by atoms with E-state index in [1.54, 1.807) is 7.11 Å². The number of methoxy groups -OCH3 is 1. The average molecular weight is 248 g/mol. The summed E-state index contributed by atoms with van der Waals surface area (Å²) in [5, 5.41) is 6.92. The number of hydrogen-bond acceptors (Lipinski definition) is 3. The van der Waals surface area contributed by atoms with Crippen molar-refractivity contribution in [2.75, 3.05) is 27.2 Å². The zero-order valence-electron chi connectivity index (χ0n) is 11.4. The molecule has 3 heteroatoms. The first-order valence-corrected chi connectivity index (χ1v) is 6.85. The summed E-state index contributed by atoms with van der Waals surface area (Å²) in [6.07, 6.45) is 3.84. The Balaban J connectivity index is 2.02. The van der Waals surface area contributed by atoms with Gasteiger partial charge in [0.05, 0.1) is 7.11 Å². The predicted octanol–water partition coefficient (Wildman–Crippen LogP) is 2.35. The SMILES string of the molecule is CNC(CC1CCCNC1)c1cccc(OC)c1. The molecule has 0 bridgehead atoms. The Hall–Kier alpha value is -1.06. The first kappa shape index (κ1) is 13.4. The lowest BCUT2D eigenvalue weighted by atomic mass is 9.89. The molecule has 1 saturated heterocycles. The van der Waals surface area contributed by atoms with Crippen molar-refractivity contribution in [2.24, 2.45) is 5.92 Å². The molecule has 0 aromatic heterocycles. The highest BCUT2D eigenvalue weighted by Crippen LogP contribution is 2.27. The molecule has 1 aromatic rings. The minimum atomic E-state index is 0.421. The average Bonchev–Trinajstić information content (AvgIpc) is 2.46. The van der Waals surface area contributed by atoms with Gasteiger partial charge >= 0.3 is 0 Å². The molecule has 1 aromatic carbocycles. The lowest BCUT2D eigenvalue weighted by Gasteiger charge is -2.27. The van der Waals surface area contributed by atoms with Crippen molar-refractivity contribution in [1.29, 1.82) is 0 Å². The number of nitrogens with one attached hydrogen (secondary N) is 2. The van der Waals surface area contributed by atoms with Crippen LogP contribution in [0.5, 0.6) is 5.75 Å². The van der Waals surface area contributed by atoms with Crippen molar-refractivity contribution < 1.29 is 4.74 Å². The van der Waals surface area contributed by atoms with Gasteiger partial charge in [-0.1, -0.05) is 12.1 Å². The number of rotatable bonds is 5. The van der Waals surface area contributed by atoms with Crippen molar-refractivity contribution in [2.45, 2.75) is 25.3 Å². The van der Waals surface area contributed by atoms with Gasteiger partial charge in [0.15, 0.2) is 0 Å². The Bertz CT molecular complexity index is 361. The van der Waals surface area contributed by atoms with E-state index in [4.69, 9.17) is 4.74 Å². The number of hydrogen-bond donors (Lipinski definition) is 2. The van der Waals surface area contributed by atoms with Crippen LogP contribution in [0.25, 0.3) is 0 Å². The summed E-state index contributed by atoms with van der Waals surface area (Å²) in [5.74, 6) is 1.72. The van der Waals surface area contributed by atoms with Crippen LogP contribution in [0.15, 0.2) is 24.3 Å². The van der Waals surface area contributed by atoms with Crippen molar-refractivity contribution in [3.05, 3.63) is 29.8 Å². The minimum Gasteiger partial charge on any atom is -0.497 e. The normalized spacial score (nSPS) is 21.6. The van der Waals surface area contributed by atoms with Gasteiger partial charge in [-0.3, -0.25) is 0 Å². The summed E-state index contributed by atoms with van der Waals surface area (Å²) >= 11 is 0. The van der Waals surface area contributed by atoms with Gasteiger partial charge < -0.3 is 15.4 Å². The van der Waals surface area contributed by atoms with Crippen LogP contribution in [0, 0.1) is 5.92 Å². The molecule has 2 atom stereocenters. The van der Waals surface area contributed by atoms with Gasteiger partial charge in [-0.15, -0.1) is 0 Å². The Labute approximate surface area is 110 Å². The van der Waals surface area contributed by atoms with E-state index in [0.717, 1.165) is 18.2 Å². The third-order valence-corrected chi connectivity index (χ3v) is 3.81. The second-order valence-electron chi connectivity index (χ2n) is 5.07. The largest absolute Gasteiger partial charge is 0.497 e. The van der Waals surface area contributed by atoms with Gasteiger partial charge in [-0.2, -0.15) is 0 Å². The molecule has 1 heterocycles. The molecule has 0 aliphatic carbocycles. The van der Waals surface area contributed by atoms with Crippen LogP contribution in [0.1, 0.15) is 30.9 Å². The molecule has 0 radical (unpaired) electrons. The molecule has 0 spiro atoms. The fraction of sp³-hybridized carbons (Fsp3) is 0.600. The van der Waals surface area contributed by atoms with Gasteiger partial charge in [-0.25, -0.2) is 0 Å². The number of benzene rings is 1. The molecule has 0 saturated carbocycles. The molecular weight excluding hydrogens is 224 g/mol. The predicted molar refractivity (Wildman–Crippen MR) is 75.0 cm³/mol. The maximum Gasteiger partial charge on any atom is 0.119 e. The zero-order valence-corrected chi connectivity index (χ0v) is 11.4. The Morgan fingerprint density at radius 1 is 1.50 bits per heavy atom. The summed E-state index contributed by atoms with van der Waals surface area (Å²) in [6, 6.07) is 8.80. The van der Waals surface area contributed by atoms with Crippen LogP contribution in [0.2, 0.25) is 0 Å². The highest BCUT2D eigenvalue weighted by molar-refractivity contribution is 5.30. The third-order valence-electron chi connectivity index (χ3n) is 3.81. The zero-order chi connectivity index (χ0) is 12.8. The summed E-state index contributed by atoms with van der Waals surface area (Å²) in [7, 11) is 3.76. The molecule has 3 nitrogen and oxygen atoms in total. The van der Waals surface area contributed by atoms with Crippen LogP contribution in [0.3, 0.4) is 0 Å². The second kappa shape index (κ2) is 6.76. The summed E-state index contributed by atoms with van der Waals surface area (Å²) in [4.78, 5) is 0. The van der Waals surface area contributed by atoms with Crippen molar-refractivity contribution >= 4 is 0 Å². The van der Waals surface area contributed by atoms with Gasteiger partial charge in [0.1, 0.15) is 5.75 Å². The third kappa shape index (κ3) is 3.47. The Kier molecular flexibility index (Phi) is 5.02. The molecule has 2 N–H and O–H groups in total. The van der Waals surface area contributed by atoms with E-state index in [2.05, 4.69) is 28.8 Å². The first-order valence-electron chi connectivity index (χ1n) is 6.85. The number of ether oxygens (including phenoxy) is 1. The van der Waals surface area contributed by atoms with E-state index >= 15 is 0 Å². The highest BCUT2D eigenvalue weighted by Gasteiger charge is 2.19. The standard InChI is InChI=1S/C15H24N2O/c1-16-15(9-12-5-4-8-17-11-12)13-6-3-7-14(10-13)18-2/h3,6-7,10,12,15-17H,4-5,8-9,11H2,1-2H3. The van der Waals surface area contributed by atoms with Crippen LogP contribution >= 0.6 is 0 Å². The summed E-state index contributed by atoms with van der Waals surface area (Å²) in [5.41, 5.74) is 1.32. The van der Waals surface area contributed by atoms with E-state index in [-0.39, 0.29) is 0 Å². The smallest absolute Gasteiger partial charge is 0.119 e. The molecule has 1 fully saturated rings. The van der Waals surface area contributed by atoms with Gasteiger partial charge in [0.25, 0.3) is 0 Å². The Morgan fingerprint density at radius 2 is 2.39 bits per heavy atom. The molecule has 18 heavy (non-hydrogen) atoms. The maximum atomic E-state index is 5.30. The van der Waals surface area contributed by atoms with Crippen LogP contribution < -0.4 is 15.4 Å². The molecular formula is C15H24N2O. The van der Waals surface area contributed by atoms with Crippen LogP contribution in [-0.2, 0) is 0 Å². The first-order chi connectivity index (χ1) is 8.83. The fourth-order valence-corrected chi connectivity index (χ4v) is 2.74.